The van der Waals surface area contributed by atoms with Gasteiger partial charge in [0.25, 0.3) is 0 Å². The van der Waals surface area contributed by atoms with Gasteiger partial charge in [0.2, 0.25) is 0 Å². The van der Waals surface area contributed by atoms with E-state index in [-0.39, 0.29) is 49.0 Å². The van der Waals surface area contributed by atoms with Crippen molar-refractivity contribution in [1.29, 1.82) is 0 Å². The number of hydrogen-bond donors (Lipinski definition) is 2. The summed E-state index contributed by atoms with van der Waals surface area (Å²) in [5.41, 5.74) is 4.83. The first-order valence-corrected chi connectivity index (χ1v) is 12.0. The van der Waals surface area contributed by atoms with Crippen LogP contribution in [0.2, 0.25) is 0 Å². The zero-order chi connectivity index (χ0) is 27.6. The van der Waals surface area contributed by atoms with Crippen LogP contribution in [-0.4, -0.2) is 46.9 Å². The molecular weight excluding hydrogens is 470 g/mol. The summed E-state index contributed by atoms with van der Waals surface area (Å²) in [5, 5.41) is 9.84. The standard InChI is InChI=1S/C26H39NO9/c1-15(2)10-22(28)35-20-9-8-19(12-21(20)36-23(29)11-16(3)4)14-26(27,24(30)31)13-18(7)34-25(32)33-17(5)6/h8-9,12,15-18H,10-11,13-14,27H2,1-7H3,(H,30,31)/t18-,26?/m0/s1. The Morgan fingerprint density at radius 3 is 1.86 bits per heavy atom. The van der Waals surface area contributed by atoms with Crippen molar-refractivity contribution >= 4 is 24.1 Å². The molecule has 10 heteroatoms. The fraction of sp³-hybridized carbons (Fsp3) is 0.615. The molecule has 0 aliphatic rings. The van der Waals surface area contributed by atoms with Crippen molar-refractivity contribution in [3.8, 4) is 11.5 Å². The van der Waals surface area contributed by atoms with Crippen LogP contribution in [0.3, 0.4) is 0 Å². The number of rotatable bonds is 13. The number of aliphatic carboxylic acids is 1. The second-order valence-corrected chi connectivity index (χ2v) is 10.1. The Hall–Kier alpha value is -3.14. The zero-order valence-electron chi connectivity index (χ0n) is 22.2. The Bertz CT molecular complexity index is 926. The Labute approximate surface area is 212 Å². The number of ether oxygens (including phenoxy) is 4. The van der Waals surface area contributed by atoms with Crippen molar-refractivity contribution < 1.29 is 43.2 Å². The van der Waals surface area contributed by atoms with Gasteiger partial charge >= 0.3 is 24.1 Å². The number of benzene rings is 1. The largest absolute Gasteiger partial charge is 0.508 e. The third-order valence-corrected chi connectivity index (χ3v) is 4.83. The van der Waals surface area contributed by atoms with E-state index in [1.807, 2.05) is 27.7 Å². The predicted molar refractivity (Wildman–Crippen MR) is 132 cm³/mol. The minimum Gasteiger partial charge on any atom is -0.480 e. The van der Waals surface area contributed by atoms with Gasteiger partial charge < -0.3 is 29.8 Å². The van der Waals surface area contributed by atoms with Gasteiger partial charge in [-0.2, -0.15) is 0 Å². The zero-order valence-corrected chi connectivity index (χ0v) is 22.2. The average Bonchev–Trinajstić information content (AvgIpc) is 2.67. The van der Waals surface area contributed by atoms with Gasteiger partial charge in [-0.15, -0.1) is 0 Å². The second kappa shape index (κ2) is 13.8. The minimum absolute atomic E-state index is 0.00666. The summed E-state index contributed by atoms with van der Waals surface area (Å²) in [5.74, 6) is -2.16. The van der Waals surface area contributed by atoms with Crippen molar-refractivity contribution in [2.75, 3.05) is 0 Å². The highest BCUT2D eigenvalue weighted by molar-refractivity contribution is 5.79. The van der Waals surface area contributed by atoms with E-state index in [4.69, 9.17) is 24.7 Å². The van der Waals surface area contributed by atoms with Crippen LogP contribution in [0.4, 0.5) is 4.79 Å². The molecule has 202 valence electrons. The van der Waals surface area contributed by atoms with Crippen molar-refractivity contribution in [3.63, 3.8) is 0 Å². The van der Waals surface area contributed by atoms with E-state index in [1.54, 1.807) is 19.9 Å². The summed E-state index contributed by atoms with van der Waals surface area (Å²) in [7, 11) is 0. The van der Waals surface area contributed by atoms with E-state index in [9.17, 15) is 24.3 Å². The number of carboxylic acids is 1. The van der Waals surface area contributed by atoms with Crippen LogP contribution in [-0.2, 0) is 30.3 Å². The molecule has 0 radical (unpaired) electrons. The van der Waals surface area contributed by atoms with E-state index in [2.05, 4.69) is 0 Å². The molecule has 1 rings (SSSR count). The molecule has 0 amide bonds. The number of hydrogen-bond acceptors (Lipinski definition) is 9. The molecule has 1 aromatic carbocycles. The molecule has 0 bridgehead atoms. The molecule has 0 fully saturated rings. The Morgan fingerprint density at radius 1 is 0.861 bits per heavy atom. The van der Waals surface area contributed by atoms with Gasteiger partial charge in [0.1, 0.15) is 11.6 Å². The third kappa shape index (κ3) is 11.1. The normalized spacial score (nSPS) is 13.8. The van der Waals surface area contributed by atoms with E-state index < -0.39 is 41.8 Å². The lowest BCUT2D eigenvalue weighted by Crippen LogP contribution is -2.52. The topological polar surface area (TPSA) is 151 Å². The van der Waals surface area contributed by atoms with Crippen LogP contribution in [0.15, 0.2) is 18.2 Å². The molecule has 0 aliphatic carbocycles. The Kier molecular flexibility index (Phi) is 11.9. The Balaban J connectivity index is 3.17. The van der Waals surface area contributed by atoms with Gasteiger partial charge in [-0.3, -0.25) is 14.4 Å². The lowest BCUT2D eigenvalue weighted by molar-refractivity contribution is -0.145. The summed E-state index contributed by atoms with van der Waals surface area (Å²) < 4.78 is 20.9. The van der Waals surface area contributed by atoms with E-state index in [0.29, 0.717) is 5.56 Å². The lowest BCUT2D eigenvalue weighted by Gasteiger charge is -2.28. The van der Waals surface area contributed by atoms with Crippen LogP contribution in [0.25, 0.3) is 0 Å². The molecule has 3 N–H and O–H groups in total. The highest BCUT2D eigenvalue weighted by atomic mass is 16.7. The first-order chi connectivity index (χ1) is 16.6. The van der Waals surface area contributed by atoms with Gasteiger partial charge in [-0.05, 0) is 50.3 Å². The van der Waals surface area contributed by atoms with Crippen molar-refractivity contribution in [2.45, 2.75) is 91.9 Å². The lowest BCUT2D eigenvalue weighted by atomic mass is 9.86. The van der Waals surface area contributed by atoms with Crippen LogP contribution < -0.4 is 15.2 Å². The van der Waals surface area contributed by atoms with Crippen LogP contribution in [0.5, 0.6) is 11.5 Å². The Morgan fingerprint density at radius 2 is 1.39 bits per heavy atom. The quantitative estimate of drug-likeness (QED) is 0.291. The second-order valence-electron chi connectivity index (χ2n) is 10.1. The smallest absolute Gasteiger partial charge is 0.480 e. The van der Waals surface area contributed by atoms with Crippen LogP contribution in [0.1, 0.15) is 73.3 Å². The number of carbonyl (C=O) groups excluding carboxylic acids is 3. The van der Waals surface area contributed by atoms with Gasteiger partial charge in [0.05, 0.1) is 6.10 Å². The first kappa shape index (κ1) is 30.9. The molecule has 10 nitrogen and oxygen atoms in total. The van der Waals surface area contributed by atoms with Gasteiger partial charge in [0.15, 0.2) is 11.5 Å². The summed E-state index contributed by atoms with van der Waals surface area (Å²) in [4.78, 5) is 48.4. The maximum Gasteiger partial charge on any atom is 0.508 e. The molecule has 0 heterocycles. The maximum atomic E-state index is 12.3. The molecular formula is C26H39NO9. The molecule has 0 saturated heterocycles. The summed E-state index contributed by atoms with van der Waals surface area (Å²) >= 11 is 0. The summed E-state index contributed by atoms with van der Waals surface area (Å²) in [6, 6.07) is 4.41. The highest BCUT2D eigenvalue weighted by Gasteiger charge is 2.37. The number of carboxylic acid groups (broad SMARTS) is 1. The van der Waals surface area contributed by atoms with Crippen LogP contribution >= 0.6 is 0 Å². The van der Waals surface area contributed by atoms with E-state index in [0.717, 1.165) is 0 Å². The molecule has 2 atom stereocenters. The molecule has 0 spiro atoms. The predicted octanol–water partition coefficient (Wildman–Crippen LogP) is 4.25. The molecule has 1 aromatic rings. The van der Waals surface area contributed by atoms with Gasteiger partial charge in [0, 0.05) is 25.7 Å². The SMILES string of the molecule is CC(C)CC(=O)Oc1ccc(CC(N)(C[C@H](C)OC(=O)OC(C)C)C(=O)O)cc1OC(=O)CC(C)C. The van der Waals surface area contributed by atoms with Crippen molar-refractivity contribution in [3.05, 3.63) is 23.8 Å². The summed E-state index contributed by atoms with van der Waals surface area (Å²) in [6.07, 6.45) is -2.23. The number of esters is 2. The van der Waals surface area contributed by atoms with Crippen molar-refractivity contribution in [1.82, 2.24) is 0 Å². The number of carbonyl (C=O) groups is 4. The van der Waals surface area contributed by atoms with E-state index in [1.165, 1.54) is 19.1 Å². The molecule has 0 aromatic heterocycles. The summed E-state index contributed by atoms with van der Waals surface area (Å²) in [6.45, 7) is 12.3. The average molecular weight is 510 g/mol. The molecule has 1 unspecified atom stereocenters. The van der Waals surface area contributed by atoms with Crippen LogP contribution in [0, 0.1) is 11.8 Å². The fourth-order valence-electron chi connectivity index (χ4n) is 3.36. The molecule has 0 aliphatic heterocycles. The number of nitrogens with two attached hydrogens (primary N) is 1. The molecule has 36 heavy (non-hydrogen) atoms. The fourth-order valence-corrected chi connectivity index (χ4v) is 3.36. The molecule has 0 saturated carbocycles. The highest BCUT2D eigenvalue weighted by Crippen LogP contribution is 2.32. The van der Waals surface area contributed by atoms with E-state index >= 15 is 0 Å². The van der Waals surface area contributed by atoms with Gasteiger partial charge in [-0.1, -0.05) is 33.8 Å². The van der Waals surface area contributed by atoms with Gasteiger partial charge in [-0.25, -0.2) is 4.79 Å². The maximum absolute atomic E-state index is 12.3. The van der Waals surface area contributed by atoms with Crippen molar-refractivity contribution in [2.24, 2.45) is 17.6 Å². The minimum atomic E-state index is -1.81. The third-order valence-electron chi connectivity index (χ3n) is 4.83. The monoisotopic (exact) mass is 509 g/mol. The first-order valence-electron chi connectivity index (χ1n) is 12.0.